The first-order chi connectivity index (χ1) is 14.9. The van der Waals surface area contributed by atoms with Crippen molar-refractivity contribution in [1.29, 1.82) is 0 Å². The molecular weight excluding hydrogens is 410 g/mol. The monoisotopic (exact) mass is 439 g/mol. The van der Waals surface area contributed by atoms with Gasteiger partial charge in [0, 0.05) is 35.8 Å². The van der Waals surface area contributed by atoms with Crippen molar-refractivity contribution >= 4 is 45.9 Å². The average molecular weight is 440 g/mol. The van der Waals surface area contributed by atoms with Crippen molar-refractivity contribution in [3.63, 3.8) is 0 Å². The molecule has 8 nitrogen and oxygen atoms in total. The van der Waals surface area contributed by atoms with E-state index in [-0.39, 0.29) is 18.1 Å². The van der Waals surface area contributed by atoms with Gasteiger partial charge in [-0.1, -0.05) is 6.07 Å². The van der Waals surface area contributed by atoms with Gasteiger partial charge in [-0.2, -0.15) is 11.8 Å². The van der Waals surface area contributed by atoms with Crippen molar-refractivity contribution < 1.29 is 4.79 Å². The molecule has 7 N–H and O–H groups in total. The van der Waals surface area contributed by atoms with Crippen LogP contribution in [-0.4, -0.2) is 47.1 Å². The van der Waals surface area contributed by atoms with Gasteiger partial charge in [0.25, 0.3) is 0 Å². The molecule has 1 aliphatic rings. The van der Waals surface area contributed by atoms with Crippen molar-refractivity contribution in [2.24, 2.45) is 5.73 Å². The average Bonchev–Trinajstić information content (AvgIpc) is 3.27. The van der Waals surface area contributed by atoms with E-state index in [4.69, 9.17) is 11.5 Å². The summed E-state index contributed by atoms with van der Waals surface area (Å²) in [5.41, 5.74) is 16.8. The first-order valence-corrected chi connectivity index (χ1v) is 11.7. The van der Waals surface area contributed by atoms with Gasteiger partial charge in [0.2, 0.25) is 5.91 Å². The maximum Gasteiger partial charge on any atom is 0.234 e. The Hall–Kier alpha value is -2.91. The van der Waals surface area contributed by atoms with Crippen LogP contribution in [-0.2, 0) is 11.3 Å². The lowest BCUT2D eigenvalue weighted by atomic mass is 10.1. The van der Waals surface area contributed by atoms with Crippen molar-refractivity contribution in [1.82, 2.24) is 15.3 Å². The molecular formula is C22H29N7OS. The van der Waals surface area contributed by atoms with Crippen LogP contribution in [0.2, 0.25) is 0 Å². The van der Waals surface area contributed by atoms with E-state index >= 15 is 0 Å². The zero-order valence-electron chi connectivity index (χ0n) is 18.0. The molecule has 9 heteroatoms. The largest absolute Gasteiger partial charge is 0.384 e. The van der Waals surface area contributed by atoms with E-state index in [1.807, 2.05) is 19.4 Å². The third-order valence-corrected chi connectivity index (χ3v) is 6.42. The zero-order chi connectivity index (χ0) is 22.1. The third-order valence-electron chi connectivity index (χ3n) is 5.77. The fourth-order valence-electron chi connectivity index (χ4n) is 3.97. The number of pyridine rings is 1. The fraction of sp³-hybridized carbons (Fsp3) is 0.364. The van der Waals surface area contributed by atoms with Crippen LogP contribution in [0.1, 0.15) is 18.9 Å². The highest BCUT2D eigenvalue weighted by molar-refractivity contribution is 7.98. The summed E-state index contributed by atoms with van der Waals surface area (Å²) in [6.07, 6.45) is 2.89. The third kappa shape index (κ3) is 4.28. The molecule has 1 unspecified atom stereocenters. The number of fused-ring (bicyclic) bond motifs is 2. The molecule has 0 saturated carbocycles. The Balaban J connectivity index is 1.60. The number of aromatic amines is 1. The number of primary amides is 1. The van der Waals surface area contributed by atoms with Crippen LogP contribution in [0.3, 0.4) is 0 Å². The molecule has 1 aliphatic heterocycles. The second-order valence-electron chi connectivity index (χ2n) is 7.95. The summed E-state index contributed by atoms with van der Waals surface area (Å²) >= 11 is 1.71. The summed E-state index contributed by atoms with van der Waals surface area (Å²) < 4.78 is 0. The van der Waals surface area contributed by atoms with Crippen LogP contribution in [0.5, 0.6) is 0 Å². The van der Waals surface area contributed by atoms with E-state index in [0.717, 1.165) is 51.4 Å². The number of H-pyrrole nitrogens is 1. The highest BCUT2D eigenvalue weighted by atomic mass is 32.2. The molecule has 0 bridgehead atoms. The molecule has 0 spiro atoms. The van der Waals surface area contributed by atoms with Gasteiger partial charge in [0.1, 0.15) is 5.82 Å². The zero-order valence-corrected chi connectivity index (χ0v) is 18.8. The summed E-state index contributed by atoms with van der Waals surface area (Å²) in [5.74, 6) is 1.86. The molecule has 1 aromatic carbocycles. The summed E-state index contributed by atoms with van der Waals surface area (Å²) in [6.45, 7) is 2.67. The van der Waals surface area contributed by atoms with Crippen LogP contribution >= 0.6 is 11.8 Å². The predicted octanol–water partition coefficient (Wildman–Crippen LogP) is 2.72. The van der Waals surface area contributed by atoms with E-state index in [2.05, 4.69) is 56.7 Å². The highest BCUT2D eigenvalue weighted by Crippen LogP contribution is 2.42. The van der Waals surface area contributed by atoms with E-state index in [0.29, 0.717) is 12.4 Å². The van der Waals surface area contributed by atoms with Crippen LogP contribution in [0.4, 0.5) is 17.3 Å². The first-order valence-electron chi connectivity index (χ1n) is 10.3. The van der Waals surface area contributed by atoms with E-state index in [1.165, 1.54) is 0 Å². The van der Waals surface area contributed by atoms with Gasteiger partial charge in [-0.15, -0.1) is 0 Å². The number of nitrogens with zero attached hydrogens (tertiary/aromatic N) is 2. The lowest BCUT2D eigenvalue weighted by Gasteiger charge is -2.19. The van der Waals surface area contributed by atoms with Crippen molar-refractivity contribution in [3.8, 4) is 11.3 Å². The van der Waals surface area contributed by atoms with Crippen molar-refractivity contribution in [3.05, 3.63) is 35.9 Å². The van der Waals surface area contributed by atoms with Crippen LogP contribution in [0.15, 0.2) is 30.3 Å². The quantitative estimate of drug-likeness (QED) is 0.365. The number of amides is 1. The first kappa shape index (κ1) is 21.3. The maximum atomic E-state index is 11.7. The molecule has 2 atom stereocenters. The molecule has 0 fully saturated rings. The predicted molar refractivity (Wildman–Crippen MR) is 130 cm³/mol. The standard InChI is InChI=1S/C22H29N7OS/c1-12-26-22-20(29(12)2)15(10-19(23)28-22)18-9-14-8-13(4-5-16(14)27-18)11-25-17(21(24)30)6-7-31-3/h4-5,8-10,12,17,25,27H,6-7,11H2,1-3H3,(H2,24,30)(H3,23,26,28)/t12?,17-/m0/s1. The van der Waals surface area contributed by atoms with Crippen LogP contribution in [0.25, 0.3) is 22.2 Å². The SMILES string of the molecule is CSCC[C@H](NCc1ccc2[nH]c(-c3cc(N)nc4c3N(C)C(C)N4)cc2c1)C(N)=O. The van der Waals surface area contributed by atoms with Gasteiger partial charge in [-0.05, 0) is 55.2 Å². The molecule has 0 saturated heterocycles. The molecule has 31 heavy (non-hydrogen) atoms. The Morgan fingerprint density at radius 1 is 1.35 bits per heavy atom. The number of anilines is 3. The summed E-state index contributed by atoms with van der Waals surface area (Å²) in [5, 5.41) is 7.75. The molecule has 2 aromatic heterocycles. The van der Waals surface area contributed by atoms with Gasteiger partial charge >= 0.3 is 0 Å². The lowest BCUT2D eigenvalue weighted by Crippen LogP contribution is -2.41. The number of thioether (sulfide) groups is 1. The normalized spacial score (nSPS) is 16.4. The molecule has 1 amide bonds. The van der Waals surface area contributed by atoms with Crippen LogP contribution in [0, 0.1) is 0 Å². The molecule has 3 heterocycles. The molecule has 4 rings (SSSR count). The summed E-state index contributed by atoms with van der Waals surface area (Å²) in [7, 11) is 2.05. The minimum Gasteiger partial charge on any atom is -0.384 e. The van der Waals surface area contributed by atoms with E-state index < -0.39 is 0 Å². The molecule has 164 valence electrons. The number of hydrogen-bond donors (Lipinski definition) is 5. The van der Waals surface area contributed by atoms with Gasteiger partial charge in [0.15, 0.2) is 5.82 Å². The number of nitrogens with two attached hydrogens (primary N) is 2. The number of nitrogens with one attached hydrogen (secondary N) is 3. The molecule has 3 aromatic rings. The lowest BCUT2D eigenvalue weighted by molar-refractivity contribution is -0.120. The second-order valence-corrected chi connectivity index (χ2v) is 8.93. The number of carbonyl (C=O) groups excluding carboxylic acids is 1. The Bertz CT molecular complexity index is 1110. The van der Waals surface area contributed by atoms with Crippen molar-refractivity contribution in [2.75, 3.05) is 35.0 Å². The van der Waals surface area contributed by atoms with Crippen LogP contribution < -0.4 is 27.0 Å². The summed E-state index contributed by atoms with van der Waals surface area (Å²) in [4.78, 5) is 21.8. The maximum absolute atomic E-state index is 11.7. The Kier molecular flexibility index (Phi) is 5.97. The van der Waals surface area contributed by atoms with Gasteiger partial charge in [0.05, 0.1) is 17.9 Å². The number of carbonyl (C=O) groups is 1. The molecule has 0 radical (unpaired) electrons. The smallest absolute Gasteiger partial charge is 0.234 e. The molecule has 0 aliphatic carbocycles. The minimum absolute atomic E-state index is 0.148. The number of hydrogen-bond acceptors (Lipinski definition) is 7. The number of aromatic nitrogens is 2. The van der Waals surface area contributed by atoms with Gasteiger partial charge < -0.3 is 32.0 Å². The van der Waals surface area contributed by atoms with Gasteiger partial charge in [-0.25, -0.2) is 4.98 Å². The fourth-order valence-corrected chi connectivity index (χ4v) is 4.44. The summed E-state index contributed by atoms with van der Waals surface area (Å²) in [6, 6.07) is 9.97. The van der Waals surface area contributed by atoms with E-state index in [1.54, 1.807) is 11.8 Å². The second kappa shape index (κ2) is 8.68. The minimum atomic E-state index is -0.322. The number of benzene rings is 1. The van der Waals surface area contributed by atoms with Crippen molar-refractivity contribution in [2.45, 2.75) is 32.1 Å². The number of nitrogen functional groups attached to an aromatic ring is 1. The Morgan fingerprint density at radius 3 is 2.90 bits per heavy atom. The van der Waals surface area contributed by atoms with E-state index in [9.17, 15) is 4.79 Å². The Morgan fingerprint density at radius 2 is 2.16 bits per heavy atom. The number of rotatable bonds is 8. The van der Waals surface area contributed by atoms with Gasteiger partial charge in [-0.3, -0.25) is 4.79 Å². The Labute approximate surface area is 186 Å². The highest BCUT2D eigenvalue weighted by Gasteiger charge is 2.28. The topological polar surface area (TPSA) is 125 Å².